The first kappa shape index (κ1) is 24.1. The van der Waals surface area contributed by atoms with Crippen LogP contribution < -0.4 is 14.8 Å². The zero-order valence-corrected chi connectivity index (χ0v) is 19.3. The molecule has 1 aliphatic rings. The van der Waals surface area contributed by atoms with Gasteiger partial charge in [0, 0.05) is 30.9 Å². The third-order valence-corrected chi connectivity index (χ3v) is 5.72. The maximum absolute atomic E-state index is 12.8. The van der Waals surface area contributed by atoms with Crippen LogP contribution in [0.25, 0.3) is 6.08 Å². The van der Waals surface area contributed by atoms with Crippen LogP contribution in [0.4, 0.5) is 5.82 Å². The quantitative estimate of drug-likeness (QED) is 0.562. The van der Waals surface area contributed by atoms with Gasteiger partial charge in [0.2, 0.25) is 5.91 Å². The number of hydrogen-bond acceptors (Lipinski definition) is 7. The Morgan fingerprint density at radius 2 is 1.91 bits per heavy atom. The van der Waals surface area contributed by atoms with Crippen LogP contribution >= 0.6 is 11.8 Å². The van der Waals surface area contributed by atoms with Gasteiger partial charge in [-0.05, 0) is 42.8 Å². The Labute approximate surface area is 196 Å². The smallest absolute Gasteiger partial charge is 0.265 e. The van der Waals surface area contributed by atoms with E-state index in [2.05, 4.69) is 10.3 Å². The molecule has 0 atom stereocenters. The fourth-order valence-corrected chi connectivity index (χ4v) is 3.92. The van der Waals surface area contributed by atoms with Crippen molar-refractivity contribution < 1.29 is 23.9 Å². The number of aromatic nitrogens is 1. The third kappa shape index (κ3) is 6.72. The average Bonchev–Trinajstić information content (AvgIpc) is 3.33. The molecule has 0 unspecified atom stereocenters. The van der Waals surface area contributed by atoms with Gasteiger partial charge in [0.15, 0.2) is 0 Å². The number of carbonyl (C=O) groups is 3. The molecular formula is C23H26N4O5S. The molecule has 0 saturated carbocycles. The van der Waals surface area contributed by atoms with Crippen LogP contribution in [0.1, 0.15) is 12.0 Å². The maximum atomic E-state index is 12.8. The van der Waals surface area contributed by atoms with Gasteiger partial charge in [0.1, 0.15) is 17.3 Å². The molecule has 0 bridgehead atoms. The Balaban J connectivity index is 1.53. The molecule has 10 heteroatoms. The summed E-state index contributed by atoms with van der Waals surface area (Å²) in [4.78, 5) is 41.5. The summed E-state index contributed by atoms with van der Waals surface area (Å²) < 4.78 is 10.6. The molecule has 0 radical (unpaired) electrons. The Morgan fingerprint density at radius 3 is 2.64 bits per heavy atom. The number of anilines is 1. The molecule has 2 heterocycles. The van der Waals surface area contributed by atoms with Gasteiger partial charge in [-0.25, -0.2) is 9.99 Å². The topological polar surface area (TPSA) is 101 Å². The molecule has 3 amide bonds. The Kier molecular flexibility index (Phi) is 8.71. The van der Waals surface area contributed by atoms with Crippen molar-refractivity contribution in [2.75, 3.05) is 44.1 Å². The number of carbonyl (C=O) groups excluding carboxylic acids is 3. The van der Waals surface area contributed by atoms with E-state index in [1.165, 1.54) is 27.9 Å². The van der Waals surface area contributed by atoms with Crippen molar-refractivity contribution in [3.63, 3.8) is 0 Å². The summed E-state index contributed by atoms with van der Waals surface area (Å²) in [5.74, 6) is 1.15. The zero-order valence-electron chi connectivity index (χ0n) is 18.5. The number of benzene rings is 1. The van der Waals surface area contributed by atoms with E-state index in [9.17, 15) is 14.4 Å². The highest BCUT2D eigenvalue weighted by atomic mass is 32.2. The fraction of sp³-hybridized carbons (Fsp3) is 0.304. The molecule has 1 aliphatic heterocycles. The second kappa shape index (κ2) is 11.9. The maximum Gasteiger partial charge on any atom is 0.265 e. The number of hydrogen-bond donors (Lipinski definition) is 1. The molecule has 174 valence electrons. The predicted octanol–water partition coefficient (Wildman–Crippen LogP) is 2.46. The number of nitrogens with one attached hydrogen (secondary N) is 1. The molecule has 2 aromatic rings. The minimum atomic E-state index is -0.302. The molecule has 1 N–H and O–H groups in total. The van der Waals surface area contributed by atoms with E-state index in [0.29, 0.717) is 42.4 Å². The van der Waals surface area contributed by atoms with Crippen molar-refractivity contribution in [1.82, 2.24) is 15.0 Å². The summed E-state index contributed by atoms with van der Waals surface area (Å²) in [6, 6.07) is 10.5. The number of pyridine rings is 1. The first-order valence-corrected chi connectivity index (χ1v) is 11.5. The Bertz CT molecular complexity index is 1020. The van der Waals surface area contributed by atoms with Crippen LogP contribution in [0.15, 0.2) is 48.7 Å². The van der Waals surface area contributed by atoms with Crippen LogP contribution in [0.3, 0.4) is 0 Å². The Morgan fingerprint density at radius 1 is 1.09 bits per heavy atom. The highest BCUT2D eigenvalue weighted by Crippen LogP contribution is 2.25. The standard InChI is InChI=1S/C23H26N4O5S/c1-31-18-8-9-19(32-2)17(14-18)7-10-22(29)26-12-5-13-27(26)23(30)16-33-15-21(28)25-20-6-3-4-11-24-20/h3-4,6-11,14H,5,12-13,15-16H2,1-2H3,(H,24,25,28). The van der Waals surface area contributed by atoms with Gasteiger partial charge >= 0.3 is 0 Å². The van der Waals surface area contributed by atoms with Gasteiger partial charge in [-0.3, -0.25) is 19.4 Å². The Hall–Kier alpha value is -3.53. The summed E-state index contributed by atoms with van der Waals surface area (Å²) >= 11 is 1.19. The summed E-state index contributed by atoms with van der Waals surface area (Å²) in [6.45, 7) is 0.913. The zero-order chi connectivity index (χ0) is 23.6. The number of ether oxygens (including phenoxy) is 2. The monoisotopic (exact) mass is 470 g/mol. The first-order chi connectivity index (χ1) is 16.0. The van der Waals surface area contributed by atoms with E-state index in [1.807, 2.05) is 0 Å². The lowest BCUT2D eigenvalue weighted by molar-refractivity contribution is -0.152. The van der Waals surface area contributed by atoms with E-state index in [4.69, 9.17) is 9.47 Å². The predicted molar refractivity (Wildman–Crippen MR) is 127 cm³/mol. The summed E-state index contributed by atoms with van der Waals surface area (Å²) in [6.07, 6.45) is 5.33. The number of hydrazine groups is 1. The molecule has 3 rings (SSSR count). The first-order valence-electron chi connectivity index (χ1n) is 10.3. The highest BCUT2D eigenvalue weighted by molar-refractivity contribution is 8.00. The molecule has 1 aromatic heterocycles. The van der Waals surface area contributed by atoms with Gasteiger partial charge < -0.3 is 14.8 Å². The van der Waals surface area contributed by atoms with Gasteiger partial charge in [-0.15, -0.1) is 11.8 Å². The molecule has 1 fully saturated rings. The highest BCUT2D eigenvalue weighted by Gasteiger charge is 2.29. The van der Waals surface area contributed by atoms with E-state index in [-0.39, 0.29) is 29.2 Å². The van der Waals surface area contributed by atoms with Crippen LogP contribution in [-0.2, 0) is 14.4 Å². The summed E-state index contributed by atoms with van der Waals surface area (Å²) in [5, 5.41) is 5.55. The molecule has 1 saturated heterocycles. The van der Waals surface area contributed by atoms with Crippen molar-refractivity contribution in [1.29, 1.82) is 0 Å². The lowest BCUT2D eigenvalue weighted by Gasteiger charge is -2.26. The SMILES string of the molecule is COc1ccc(OC)c(C=CC(=O)N2CCCN2C(=O)CSCC(=O)Nc2ccccn2)c1. The van der Waals surface area contributed by atoms with Crippen molar-refractivity contribution in [3.8, 4) is 11.5 Å². The van der Waals surface area contributed by atoms with Gasteiger partial charge in [-0.1, -0.05) is 6.07 Å². The lowest BCUT2D eigenvalue weighted by atomic mass is 10.1. The van der Waals surface area contributed by atoms with Crippen molar-refractivity contribution in [2.45, 2.75) is 6.42 Å². The average molecular weight is 471 g/mol. The van der Waals surface area contributed by atoms with Gasteiger partial charge in [0.05, 0.1) is 25.7 Å². The number of rotatable bonds is 9. The lowest BCUT2D eigenvalue weighted by Crippen LogP contribution is -2.45. The van der Waals surface area contributed by atoms with Crippen LogP contribution in [0, 0.1) is 0 Å². The minimum absolute atomic E-state index is 0.0901. The second-order valence-electron chi connectivity index (χ2n) is 7.03. The van der Waals surface area contributed by atoms with Crippen molar-refractivity contribution in [3.05, 3.63) is 54.2 Å². The molecule has 9 nitrogen and oxygen atoms in total. The molecule has 1 aromatic carbocycles. The molecule has 0 aliphatic carbocycles. The third-order valence-electron chi connectivity index (χ3n) is 4.81. The number of amides is 3. The molecule has 0 spiro atoms. The van der Waals surface area contributed by atoms with Crippen molar-refractivity contribution >= 4 is 41.4 Å². The van der Waals surface area contributed by atoms with Gasteiger partial charge in [-0.2, -0.15) is 0 Å². The molecule has 33 heavy (non-hydrogen) atoms. The largest absolute Gasteiger partial charge is 0.497 e. The molecular weight excluding hydrogens is 444 g/mol. The second-order valence-corrected chi connectivity index (χ2v) is 8.01. The number of nitrogens with zero attached hydrogens (tertiary/aromatic N) is 3. The summed E-state index contributed by atoms with van der Waals surface area (Å²) in [7, 11) is 3.12. The van der Waals surface area contributed by atoms with Crippen LogP contribution in [0.5, 0.6) is 11.5 Å². The normalized spacial score (nSPS) is 13.3. The van der Waals surface area contributed by atoms with E-state index in [0.717, 1.165) is 0 Å². The fourth-order valence-electron chi connectivity index (χ4n) is 3.24. The van der Waals surface area contributed by atoms with E-state index < -0.39 is 0 Å². The number of methoxy groups -OCH3 is 2. The van der Waals surface area contributed by atoms with E-state index in [1.54, 1.807) is 62.9 Å². The van der Waals surface area contributed by atoms with Crippen LogP contribution in [-0.4, -0.2) is 71.5 Å². The van der Waals surface area contributed by atoms with E-state index >= 15 is 0 Å². The van der Waals surface area contributed by atoms with Crippen molar-refractivity contribution in [2.24, 2.45) is 0 Å². The number of thioether (sulfide) groups is 1. The summed E-state index contributed by atoms with van der Waals surface area (Å²) in [5.41, 5.74) is 0.691. The van der Waals surface area contributed by atoms with Crippen LogP contribution in [0.2, 0.25) is 0 Å². The van der Waals surface area contributed by atoms with Gasteiger partial charge in [0.25, 0.3) is 11.8 Å². The minimum Gasteiger partial charge on any atom is -0.497 e.